The first-order chi connectivity index (χ1) is 7.83. The first kappa shape index (κ1) is 14.8. The quantitative estimate of drug-likeness (QED) is 0.797. The normalized spacial score (nSPS) is 20.2. The highest BCUT2D eigenvalue weighted by molar-refractivity contribution is 9.09. The van der Waals surface area contributed by atoms with E-state index in [9.17, 15) is 9.90 Å². The number of hydrogen-bond acceptors (Lipinski definition) is 3. The first-order valence-corrected chi connectivity index (χ1v) is 7.17. The molecule has 0 aromatic carbocycles. The van der Waals surface area contributed by atoms with E-state index in [1.165, 1.54) is 0 Å². The Kier molecular flexibility index (Phi) is 5.25. The van der Waals surface area contributed by atoms with Crippen LogP contribution in [0.3, 0.4) is 0 Å². The molecule has 1 aliphatic rings. The summed E-state index contributed by atoms with van der Waals surface area (Å²) in [4.78, 5) is 13.5. The lowest BCUT2D eigenvalue weighted by atomic mass is 9.92. The van der Waals surface area contributed by atoms with Crippen molar-refractivity contribution in [2.24, 2.45) is 5.92 Å². The Morgan fingerprint density at radius 2 is 2.00 bits per heavy atom. The molecule has 5 heteroatoms. The molecule has 0 aromatic heterocycles. The van der Waals surface area contributed by atoms with E-state index in [1.807, 2.05) is 20.8 Å². The molecule has 0 aliphatic carbocycles. The lowest BCUT2D eigenvalue weighted by Crippen LogP contribution is -2.43. The molecule has 100 valence electrons. The van der Waals surface area contributed by atoms with Gasteiger partial charge in [-0.25, -0.2) is 4.79 Å². The summed E-state index contributed by atoms with van der Waals surface area (Å²) in [5, 5.41) is 10.3. The zero-order valence-corrected chi connectivity index (χ0v) is 12.4. The lowest BCUT2D eigenvalue weighted by Gasteiger charge is -2.34. The summed E-state index contributed by atoms with van der Waals surface area (Å²) in [6, 6.07) is 0. The van der Waals surface area contributed by atoms with Crippen LogP contribution in [0.5, 0.6) is 0 Å². The van der Waals surface area contributed by atoms with Crippen LogP contribution in [-0.2, 0) is 4.74 Å². The van der Waals surface area contributed by atoms with Gasteiger partial charge in [0.05, 0.1) is 6.10 Å². The third kappa shape index (κ3) is 4.84. The highest BCUT2D eigenvalue weighted by Gasteiger charge is 2.29. The van der Waals surface area contributed by atoms with Crippen molar-refractivity contribution in [1.82, 2.24) is 4.90 Å². The van der Waals surface area contributed by atoms with Crippen LogP contribution in [0, 0.1) is 5.92 Å². The van der Waals surface area contributed by atoms with Crippen molar-refractivity contribution in [2.75, 3.05) is 18.4 Å². The van der Waals surface area contributed by atoms with Gasteiger partial charge in [-0.1, -0.05) is 15.9 Å². The minimum atomic E-state index is -0.441. The van der Waals surface area contributed by atoms with Crippen molar-refractivity contribution in [3.05, 3.63) is 0 Å². The van der Waals surface area contributed by atoms with Gasteiger partial charge in [0.15, 0.2) is 0 Å². The fourth-order valence-electron chi connectivity index (χ4n) is 1.92. The van der Waals surface area contributed by atoms with Crippen molar-refractivity contribution in [1.29, 1.82) is 0 Å². The van der Waals surface area contributed by atoms with Gasteiger partial charge in [-0.3, -0.25) is 0 Å². The first-order valence-electron chi connectivity index (χ1n) is 6.05. The van der Waals surface area contributed by atoms with E-state index < -0.39 is 5.60 Å². The third-order valence-corrected chi connectivity index (χ3v) is 3.56. The maximum Gasteiger partial charge on any atom is 0.410 e. The molecule has 0 aromatic rings. The number of carbonyl (C=O) groups excluding carboxylic acids is 1. The summed E-state index contributed by atoms with van der Waals surface area (Å²) < 4.78 is 5.31. The molecule has 1 unspecified atom stereocenters. The standard InChI is InChI=1S/C12H22BrNO3/c1-12(2,3)17-11(16)14-6-4-9(5-7-14)10(15)8-13/h9-10,15H,4-8H2,1-3H3. The average molecular weight is 308 g/mol. The second-order valence-corrected chi connectivity index (χ2v) is 6.17. The third-order valence-electron chi connectivity index (χ3n) is 2.89. The van der Waals surface area contributed by atoms with E-state index in [0.29, 0.717) is 18.4 Å². The maximum atomic E-state index is 11.8. The fourth-order valence-corrected chi connectivity index (χ4v) is 2.45. The zero-order chi connectivity index (χ0) is 13.1. The Bertz CT molecular complexity index is 257. The van der Waals surface area contributed by atoms with Gasteiger partial charge < -0.3 is 14.7 Å². The Morgan fingerprint density at radius 1 is 1.47 bits per heavy atom. The molecular formula is C12H22BrNO3. The van der Waals surface area contributed by atoms with Crippen LogP contribution >= 0.6 is 15.9 Å². The predicted octanol–water partition coefficient (Wildman–Crippen LogP) is 2.39. The Balaban J connectivity index is 2.39. The molecule has 0 bridgehead atoms. The van der Waals surface area contributed by atoms with Crippen molar-refractivity contribution in [3.8, 4) is 0 Å². The summed E-state index contributed by atoms with van der Waals surface area (Å²) in [6.07, 6.45) is 1.12. The average Bonchev–Trinajstić information content (AvgIpc) is 2.26. The number of aliphatic hydroxyl groups is 1. The van der Waals surface area contributed by atoms with Crippen molar-refractivity contribution < 1.29 is 14.6 Å². The van der Waals surface area contributed by atoms with E-state index in [0.717, 1.165) is 12.8 Å². The van der Waals surface area contributed by atoms with Gasteiger partial charge in [-0.05, 0) is 39.5 Å². The molecule has 17 heavy (non-hydrogen) atoms. The van der Waals surface area contributed by atoms with Gasteiger partial charge in [0.1, 0.15) is 5.60 Å². The monoisotopic (exact) mass is 307 g/mol. The van der Waals surface area contributed by atoms with Gasteiger partial charge >= 0.3 is 6.09 Å². The molecule has 1 amide bonds. The van der Waals surface area contributed by atoms with Gasteiger partial charge in [0.2, 0.25) is 0 Å². The molecule has 1 atom stereocenters. The molecule has 1 rings (SSSR count). The number of amides is 1. The number of carbonyl (C=O) groups is 1. The van der Waals surface area contributed by atoms with Crippen LogP contribution in [0.15, 0.2) is 0 Å². The Morgan fingerprint density at radius 3 is 2.41 bits per heavy atom. The Hall–Kier alpha value is -0.290. The molecule has 1 saturated heterocycles. The molecule has 1 N–H and O–H groups in total. The molecule has 0 spiro atoms. The minimum Gasteiger partial charge on any atom is -0.444 e. The van der Waals surface area contributed by atoms with Gasteiger partial charge in [-0.15, -0.1) is 0 Å². The molecule has 1 heterocycles. The van der Waals surface area contributed by atoms with E-state index in [1.54, 1.807) is 4.90 Å². The number of hydrogen-bond donors (Lipinski definition) is 1. The topological polar surface area (TPSA) is 49.8 Å². The second-order valence-electron chi connectivity index (χ2n) is 5.53. The minimum absolute atomic E-state index is 0.246. The number of halogens is 1. The number of nitrogens with zero attached hydrogens (tertiary/aromatic N) is 1. The van der Waals surface area contributed by atoms with E-state index in [2.05, 4.69) is 15.9 Å². The van der Waals surface area contributed by atoms with Crippen molar-refractivity contribution >= 4 is 22.0 Å². The molecule has 0 radical (unpaired) electrons. The molecule has 0 saturated carbocycles. The second kappa shape index (κ2) is 6.05. The summed E-state index contributed by atoms with van der Waals surface area (Å²) in [7, 11) is 0. The molecular weight excluding hydrogens is 286 g/mol. The number of piperidine rings is 1. The summed E-state index contributed by atoms with van der Waals surface area (Å²) in [6.45, 7) is 6.94. The number of aliphatic hydroxyl groups excluding tert-OH is 1. The molecule has 4 nitrogen and oxygen atoms in total. The van der Waals surface area contributed by atoms with Crippen LogP contribution in [0.1, 0.15) is 33.6 Å². The van der Waals surface area contributed by atoms with E-state index >= 15 is 0 Å². The van der Waals surface area contributed by atoms with Crippen LogP contribution in [0.4, 0.5) is 4.79 Å². The SMILES string of the molecule is CC(C)(C)OC(=O)N1CCC(C(O)CBr)CC1. The van der Waals surface area contributed by atoms with Crippen LogP contribution in [0.2, 0.25) is 0 Å². The van der Waals surface area contributed by atoms with Crippen LogP contribution < -0.4 is 0 Å². The van der Waals surface area contributed by atoms with E-state index in [-0.39, 0.29) is 18.1 Å². The predicted molar refractivity (Wildman–Crippen MR) is 70.3 cm³/mol. The summed E-state index contributed by atoms with van der Waals surface area (Å²) >= 11 is 3.28. The Labute approximate surface area is 111 Å². The van der Waals surface area contributed by atoms with Gasteiger partial charge in [0, 0.05) is 18.4 Å². The van der Waals surface area contributed by atoms with Gasteiger partial charge in [0.25, 0.3) is 0 Å². The van der Waals surface area contributed by atoms with Crippen molar-refractivity contribution in [3.63, 3.8) is 0 Å². The zero-order valence-electron chi connectivity index (χ0n) is 10.8. The lowest BCUT2D eigenvalue weighted by molar-refractivity contribution is 0.0105. The highest BCUT2D eigenvalue weighted by Crippen LogP contribution is 2.23. The largest absolute Gasteiger partial charge is 0.444 e. The number of rotatable bonds is 2. The van der Waals surface area contributed by atoms with Crippen molar-refractivity contribution in [2.45, 2.75) is 45.3 Å². The highest BCUT2D eigenvalue weighted by atomic mass is 79.9. The fraction of sp³-hybridized carbons (Fsp3) is 0.917. The summed E-state index contributed by atoms with van der Waals surface area (Å²) in [5.74, 6) is 0.285. The summed E-state index contributed by atoms with van der Waals surface area (Å²) in [5.41, 5.74) is -0.441. The smallest absolute Gasteiger partial charge is 0.410 e. The van der Waals surface area contributed by atoms with Gasteiger partial charge in [-0.2, -0.15) is 0 Å². The van der Waals surface area contributed by atoms with Crippen LogP contribution in [-0.4, -0.2) is 46.2 Å². The number of ether oxygens (including phenoxy) is 1. The maximum absolute atomic E-state index is 11.8. The molecule has 1 fully saturated rings. The number of likely N-dealkylation sites (tertiary alicyclic amines) is 1. The molecule has 1 aliphatic heterocycles. The van der Waals surface area contributed by atoms with Crippen LogP contribution in [0.25, 0.3) is 0 Å². The van der Waals surface area contributed by atoms with E-state index in [4.69, 9.17) is 4.74 Å². The number of alkyl halides is 1.